The quantitative estimate of drug-likeness (QED) is 0.263. The molecule has 2 saturated carbocycles. The molecule has 1 unspecified atom stereocenters. The van der Waals surface area contributed by atoms with Crippen molar-refractivity contribution in [3.8, 4) is 0 Å². The first-order valence-corrected chi connectivity index (χ1v) is 26.9. The maximum atomic E-state index is 12.6. The molecule has 0 aromatic heterocycles. The highest BCUT2D eigenvalue weighted by molar-refractivity contribution is 4.82. The minimum atomic E-state index is -4.54. The van der Waals surface area contributed by atoms with Gasteiger partial charge in [-0.15, -0.1) is 0 Å². The minimum Gasteiger partial charge on any atom is -0.171 e. The van der Waals surface area contributed by atoms with Crippen LogP contribution >= 0.6 is 0 Å². The van der Waals surface area contributed by atoms with Gasteiger partial charge in [0, 0.05) is 26.0 Å². The topological polar surface area (TPSA) is 0 Å². The summed E-state index contributed by atoms with van der Waals surface area (Å²) in [6, 6.07) is 0. The SMILES string of the molecule is [2H]C(C)(C)C(C)(C)C.[2H]C([2H])(C(C)(C)C)C(C)(C)C.[2H]C([2H])(C(C)(C)C)C(C)(C)C(F)(F)F.[2H]C([2H])(C(C)C)C(C)(C)C.[2H]C([2H])(C)C([2H])([2H])C(C)(C)C.[2H]C([2H])([2H])C([2H])(C([2H])([2H])C)C(C)(C)C.[2H]C1(C(C)(C)C)CCCC1.[2H]C1(C(C)(C)C)CCCCC1. The summed E-state index contributed by atoms with van der Waals surface area (Å²) in [4.78, 5) is 0. The number of halogens is 3. The summed E-state index contributed by atoms with van der Waals surface area (Å²) in [5.41, 5.74) is -5.37. The Labute approximate surface area is 473 Å². The van der Waals surface area contributed by atoms with E-state index in [2.05, 4.69) is 62.3 Å². The lowest BCUT2D eigenvalue weighted by molar-refractivity contribution is -0.220. The van der Waals surface area contributed by atoms with Crippen molar-refractivity contribution in [1.29, 1.82) is 0 Å². The van der Waals surface area contributed by atoms with E-state index in [0.717, 1.165) is 46.5 Å². The number of hydrogen-bond donors (Lipinski definition) is 0. The molecule has 2 aliphatic carbocycles. The van der Waals surface area contributed by atoms with Crippen LogP contribution in [-0.4, -0.2) is 6.18 Å². The Morgan fingerprint density at radius 3 is 0.843 bits per heavy atom. The van der Waals surface area contributed by atoms with Crippen LogP contribution in [0.15, 0.2) is 0 Å². The smallest absolute Gasteiger partial charge is 0.171 e. The molecule has 2 fully saturated rings. The summed E-state index contributed by atoms with van der Waals surface area (Å²) in [7, 11) is 0. The highest BCUT2D eigenvalue weighted by Gasteiger charge is 2.48. The van der Waals surface area contributed by atoms with E-state index in [-0.39, 0.29) is 56.1 Å². The Balaban J connectivity index is -0.000000222. The van der Waals surface area contributed by atoms with Crippen LogP contribution in [-0.2, 0) is 0 Å². The second-order valence-corrected chi connectivity index (χ2v) is 29.9. The van der Waals surface area contributed by atoms with Crippen molar-refractivity contribution in [2.75, 3.05) is 0 Å². The van der Waals surface area contributed by atoms with Crippen LogP contribution in [0.4, 0.5) is 13.2 Å². The molecule has 0 nitrogen and oxygen atoms in total. The molecule has 0 radical (unpaired) electrons. The second-order valence-electron chi connectivity index (χ2n) is 29.9. The number of alkyl halides is 3. The van der Waals surface area contributed by atoms with Gasteiger partial charge in [-0.3, -0.25) is 0 Å². The van der Waals surface area contributed by atoms with Crippen molar-refractivity contribution < 1.29 is 39.2 Å². The molecule has 0 bridgehead atoms. The van der Waals surface area contributed by atoms with Gasteiger partial charge in [0.1, 0.15) is 0 Å². The van der Waals surface area contributed by atoms with Crippen molar-refractivity contribution in [2.45, 2.75) is 351 Å². The lowest BCUT2D eigenvalue weighted by Crippen LogP contribution is -2.35. The zero-order valence-corrected chi connectivity index (χ0v) is 54.1. The van der Waals surface area contributed by atoms with Crippen molar-refractivity contribution in [1.82, 2.24) is 0 Å². The standard InChI is InChI=1S/C10H20.C9H17F3.C9H18.C9H20.2C8H18.2C7H16/c1-10(2,3)9-7-5-4-6-8-9;1-7(2,3)6-8(4,5)9(10,11)12;1-9(2,3)8-6-4-5-7-8;1-8(2,3)7-9(4,5)6;1-7(2)6-8(3,4)5;1-6-7(2)8(3,4)5;1-6(2)7(3,4)5;1-5-6-7(2,3)4/h9H,4-8H2,1-3H3;6H2,1-5H3;8H,4-7H2,1-3H3;7H2,1-6H3;2*7H,6H2,1-5H3;6H,1-5H3;5-6H2,1-4H3/i9D;6D2;8D;7D2;6D2;2D3,6D2,7D;6D;5D2,6D2. The van der Waals surface area contributed by atoms with Crippen LogP contribution < -0.4 is 0 Å². The van der Waals surface area contributed by atoms with Crippen LogP contribution in [0.3, 0.4) is 0 Å². The molecule has 0 N–H and O–H groups in total. The van der Waals surface area contributed by atoms with E-state index in [1.807, 2.05) is 90.0 Å². The minimum absolute atomic E-state index is 0.0903. The molecule has 0 aromatic carbocycles. The van der Waals surface area contributed by atoms with Gasteiger partial charge in [0.25, 0.3) is 0 Å². The zero-order chi connectivity index (χ0) is 74.9. The monoisotopic (exact) mass is 1020 g/mol. The molecule has 0 aromatic rings. The normalized spacial score (nSPS) is 23.3. The lowest BCUT2D eigenvalue weighted by Gasteiger charge is -2.34. The first-order chi connectivity index (χ1) is 37.4. The van der Waals surface area contributed by atoms with E-state index in [1.54, 1.807) is 41.5 Å². The van der Waals surface area contributed by atoms with E-state index in [1.165, 1.54) is 59.8 Å². The molecule has 432 valence electrons. The number of hydrogen-bond acceptors (Lipinski definition) is 0. The molecule has 0 spiro atoms. The van der Waals surface area contributed by atoms with E-state index < -0.39 is 78.8 Å². The van der Waals surface area contributed by atoms with Gasteiger partial charge in [0.05, 0.1) is 5.41 Å². The third kappa shape index (κ3) is 60.3. The van der Waals surface area contributed by atoms with Gasteiger partial charge in [-0.1, -0.05) is 294 Å². The van der Waals surface area contributed by atoms with Crippen LogP contribution in [0.1, 0.15) is 371 Å². The zero-order valence-electron chi connectivity index (χ0n) is 73.1. The third-order valence-corrected chi connectivity index (χ3v) is 10.7. The highest BCUT2D eigenvalue weighted by Crippen LogP contribution is 2.45. The molecule has 0 saturated heterocycles. The van der Waals surface area contributed by atoms with Crippen LogP contribution in [0.5, 0.6) is 0 Å². The highest BCUT2D eigenvalue weighted by atomic mass is 19.4. The molecular formula is C67H143F3. The van der Waals surface area contributed by atoms with Gasteiger partial charge < -0.3 is 0 Å². The van der Waals surface area contributed by atoms with Crippen molar-refractivity contribution in [3.63, 3.8) is 0 Å². The predicted molar refractivity (Wildman–Crippen MR) is 321 cm³/mol. The van der Waals surface area contributed by atoms with E-state index in [0.29, 0.717) is 0 Å². The van der Waals surface area contributed by atoms with Gasteiger partial charge in [-0.25, -0.2) is 0 Å². The van der Waals surface area contributed by atoms with Gasteiger partial charge >= 0.3 is 6.18 Å². The third-order valence-electron chi connectivity index (χ3n) is 10.7. The average molecular weight is 1020 g/mol. The largest absolute Gasteiger partial charge is 0.393 e. The Morgan fingerprint density at radius 1 is 0.471 bits per heavy atom. The van der Waals surface area contributed by atoms with Crippen LogP contribution in [0, 0.1) is 83.6 Å². The Kier molecular flexibility index (Phi) is 23.7. The molecule has 1 atom stereocenters. The van der Waals surface area contributed by atoms with Crippen molar-refractivity contribution in [2.24, 2.45) is 83.6 Å². The molecule has 2 rings (SSSR count). The number of rotatable bonds is 4. The van der Waals surface area contributed by atoms with E-state index in [9.17, 15) is 13.2 Å². The van der Waals surface area contributed by atoms with Crippen LogP contribution in [0.25, 0.3) is 0 Å². The van der Waals surface area contributed by atoms with Crippen molar-refractivity contribution in [3.05, 3.63) is 0 Å². The van der Waals surface area contributed by atoms with Gasteiger partial charge in [0.15, 0.2) is 0 Å². The second kappa shape index (κ2) is 34.5. The fourth-order valence-electron chi connectivity index (χ4n) is 7.03. The van der Waals surface area contributed by atoms with Crippen LogP contribution in [0.2, 0.25) is 0 Å². The Bertz CT molecular complexity index is 1820. The van der Waals surface area contributed by atoms with Crippen molar-refractivity contribution >= 4 is 0 Å². The maximum Gasteiger partial charge on any atom is 0.393 e. The van der Waals surface area contributed by atoms with E-state index in [4.69, 9.17) is 26.0 Å². The maximum absolute atomic E-state index is 12.6. The first kappa shape index (κ1) is 48.2. The summed E-state index contributed by atoms with van der Waals surface area (Å²) >= 11 is 0. The predicted octanol–water partition coefficient (Wildman–Crippen LogP) is 26.0. The van der Waals surface area contributed by atoms with Gasteiger partial charge in [0.2, 0.25) is 0 Å². The molecular weight excluding hydrogens is 862 g/mol. The fourth-order valence-corrected chi connectivity index (χ4v) is 7.03. The summed E-state index contributed by atoms with van der Waals surface area (Å²) in [5, 5.41) is 0. The molecule has 0 heterocycles. The summed E-state index contributed by atoms with van der Waals surface area (Å²) in [5.74, 6) is -2.58. The Morgan fingerprint density at radius 2 is 0.771 bits per heavy atom. The fraction of sp³-hybridized carbons (Fsp3) is 1.00. The summed E-state index contributed by atoms with van der Waals surface area (Å²) in [6.45, 7) is 60.4. The Hall–Kier alpha value is -0.210. The molecule has 2 aliphatic rings. The summed E-state index contributed by atoms with van der Waals surface area (Å²) in [6.07, 6.45) is -3.85. The average Bonchev–Trinajstić information content (AvgIpc) is 3.68. The molecule has 0 amide bonds. The van der Waals surface area contributed by atoms with Gasteiger partial charge in [-0.2, -0.15) is 13.2 Å². The van der Waals surface area contributed by atoms with E-state index >= 15 is 0 Å². The first-order valence-electron chi connectivity index (χ1n) is 36.4. The molecule has 0 aliphatic heterocycles. The van der Waals surface area contributed by atoms with Gasteiger partial charge in [-0.05, 0) is 129 Å². The lowest BCUT2D eigenvalue weighted by atomic mass is 9.72. The summed E-state index contributed by atoms with van der Waals surface area (Å²) < 4.78 is 183. The molecule has 3 heteroatoms. The molecule has 70 heavy (non-hydrogen) atoms.